The molecule has 1 aliphatic heterocycles. The summed E-state index contributed by atoms with van der Waals surface area (Å²) in [5.74, 6) is 1.17. The van der Waals surface area contributed by atoms with Crippen molar-refractivity contribution in [1.29, 1.82) is 0 Å². The first-order chi connectivity index (χ1) is 6.78. The zero-order valence-electron chi connectivity index (χ0n) is 8.44. The molecule has 0 saturated carbocycles. The molecule has 1 aliphatic rings. The number of likely N-dealkylation sites (tertiary alicyclic amines) is 1. The summed E-state index contributed by atoms with van der Waals surface area (Å²) in [4.78, 5) is 6.56. The number of aliphatic hydroxyl groups excluding tert-OH is 1. The molecule has 1 N–H and O–H groups in total. The monoisotopic (exact) mass is 196 g/mol. The largest absolute Gasteiger partial charge is 0.449 e. The van der Waals surface area contributed by atoms with Gasteiger partial charge in [-0.2, -0.15) is 0 Å². The smallest absolute Gasteiger partial charge is 0.191 e. The number of oxazole rings is 1. The molecule has 2 rings (SSSR count). The van der Waals surface area contributed by atoms with Crippen molar-refractivity contribution < 1.29 is 9.52 Å². The topological polar surface area (TPSA) is 49.5 Å². The van der Waals surface area contributed by atoms with E-state index in [9.17, 15) is 0 Å². The number of aliphatic hydroxyl groups is 1. The molecule has 0 spiro atoms. The second-order valence-corrected chi connectivity index (χ2v) is 3.93. The Morgan fingerprint density at radius 3 is 3.14 bits per heavy atom. The molecule has 78 valence electrons. The highest BCUT2D eigenvalue weighted by Crippen LogP contribution is 2.17. The number of aryl methyl sites for hydroxylation is 1. The summed E-state index contributed by atoms with van der Waals surface area (Å²) in [5, 5.41) is 8.99. The van der Waals surface area contributed by atoms with E-state index in [1.807, 2.05) is 6.92 Å². The van der Waals surface area contributed by atoms with Crippen LogP contribution in [0.25, 0.3) is 0 Å². The first-order valence-corrected chi connectivity index (χ1v) is 5.02. The molecule has 1 aromatic rings. The van der Waals surface area contributed by atoms with Gasteiger partial charge in [-0.05, 0) is 18.9 Å². The van der Waals surface area contributed by atoms with Crippen LogP contribution < -0.4 is 0 Å². The van der Waals surface area contributed by atoms with E-state index in [0.717, 1.165) is 37.6 Å². The van der Waals surface area contributed by atoms with Crippen molar-refractivity contribution in [3.05, 3.63) is 17.8 Å². The number of hydrogen-bond acceptors (Lipinski definition) is 4. The van der Waals surface area contributed by atoms with Gasteiger partial charge in [-0.25, -0.2) is 4.98 Å². The Hall–Kier alpha value is -0.870. The first-order valence-electron chi connectivity index (χ1n) is 5.02. The highest BCUT2D eigenvalue weighted by molar-refractivity contribution is 4.96. The van der Waals surface area contributed by atoms with Crippen LogP contribution >= 0.6 is 0 Å². The van der Waals surface area contributed by atoms with Gasteiger partial charge in [0.2, 0.25) is 0 Å². The van der Waals surface area contributed by atoms with E-state index < -0.39 is 0 Å². The average Bonchev–Trinajstić information content (AvgIpc) is 2.76. The van der Waals surface area contributed by atoms with E-state index in [4.69, 9.17) is 9.52 Å². The minimum atomic E-state index is 0.300. The van der Waals surface area contributed by atoms with Crippen molar-refractivity contribution in [2.24, 2.45) is 5.92 Å². The molecular formula is C10H16N2O2. The lowest BCUT2D eigenvalue weighted by molar-refractivity contribution is 0.219. The Kier molecular flexibility index (Phi) is 2.84. The normalized spacial score (nSPS) is 23.1. The van der Waals surface area contributed by atoms with Crippen LogP contribution in [0.2, 0.25) is 0 Å². The minimum absolute atomic E-state index is 0.300. The highest BCUT2D eigenvalue weighted by Gasteiger charge is 2.22. The molecule has 0 aliphatic carbocycles. The molecule has 0 aromatic carbocycles. The SMILES string of the molecule is Cc1nc(CN2CCC(CO)C2)co1. The van der Waals surface area contributed by atoms with Crippen LogP contribution in [0.4, 0.5) is 0 Å². The predicted molar refractivity (Wildman–Crippen MR) is 51.7 cm³/mol. The Bertz CT molecular complexity index is 298. The Balaban J connectivity index is 1.87. The zero-order valence-corrected chi connectivity index (χ0v) is 8.44. The lowest BCUT2D eigenvalue weighted by atomic mass is 10.1. The van der Waals surface area contributed by atoms with Gasteiger partial charge in [0.05, 0.1) is 5.69 Å². The van der Waals surface area contributed by atoms with Gasteiger partial charge in [0.25, 0.3) is 0 Å². The van der Waals surface area contributed by atoms with Gasteiger partial charge in [-0.3, -0.25) is 4.90 Å². The van der Waals surface area contributed by atoms with Crippen molar-refractivity contribution in [3.63, 3.8) is 0 Å². The molecule has 1 fully saturated rings. The van der Waals surface area contributed by atoms with Gasteiger partial charge in [0, 0.05) is 26.6 Å². The number of rotatable bonds is 3. The molecule has 1 saturated heterocycles. The molecule has 0 bridgehead atoms. The summed E-state index contributed by atoms with van der Waals surface area (Å²) < 4.78 is 5.14. The van der Waals surface area contributed by atoms with Gasteiger partial charge in [0.15, 0.2) is 5.89 Å². The summed E-state index contributed by atoms with van der Waals surface area (Å²) in [6, 6.07) is 0. The van der Waals surface area contributed by atoms with Crippen LogP contribution in [0.3, 0.4) is 0 Å². The maximum atomic E-state index is 8.99. The Morgan fingerprint density at radius 2 is 2.57 bits per heavy atom. The molecule has 4 nitrogen and oxygen atoms in total. The van der Waals surface area contributed by atoms with Crippen molar-refractivity contribution in [2.45, 2.75) is 19.9 Å². The zero-order chi connectivity index (χ0) is 9.97. The van der Waals surface area contributed by atoms with Gasteiger partial charge >= 0.3 is 0 Å². The summed E-state index contributed by atoms with van der Waals surface area (Å²) >= 11 is 0. The van der Waals surface area contributed by atoms with Crippen LogP contribution in [0.1, 0.15) is 18.0 Å². The number of nitrogens with zero attached hydrogens (tertiary/aromatic N) is 2. The van der Waals surface area contributed by atoms with Crippen LogP contribution in [-0.2, 0) is 6.54 Å². The van der Waals surface area contributed by atoms with E-state index in [-0.39, 0.29) is 0 Å². The van der Waals surface area contributed by atoms with E-state index in [2.05, 4.69) is 9.88 Å². The molecule has 14 heavy (non-hydrogen) atoms. The van der Waals surface area contributed by atoms with E-state index >= 15 is 0 Å². The first kappa shape index (κ1) is 9.68. The molecule has 1 aromatic heterocycles. The fraction of sp³-hybridized carbons (Fsp3) is 0.700. The maximum Gasteiger partial charge on any atom is 0.191 e. The van der Waals surface area contributed by atoms with Crippen molar-refractivity contribution >= 4 is 0 Å². The van der Waals surface area contributed by atoms with Crippen molar-refractivity contribution in [1.82, 2.24) is 9.88 Å². The van der Waals surface area contributed by atoms with Gasteiger partial charge < -0.3 is 9.52 Å². The van der Waals surface area contributed by atoms with Crippen LogP contribution in [0.15, 0.2) is 10.7 Å². The fourth-order valence-electron chi connectivity index (χ4n) is 1.92. The van der Waals surface area contributed by atoms with Crippen LogP contribution in [0, 0.1) is 12.8 Å². The number of aromatic nitrogens is 1. The lowest BCUT2D eigenvalue weighted by Gasteiger charge is -2.12. The molecule has 1 unspecified atom stereocenters. The third-order valence-electron chi connectivity index (χ3n) is 2.68. The van der Waals surface area contributed by atoms with Gasteiger partial charge in [-0.15, -0.1) is 0 Å². The maximum absolute atomic E-state index is 8.99. The second-order valence-electron chi connectivity index (χ2n) is 3.93. The van der Waals surface area contributed by atoms with E-state index in [0.29, 0.717) is 12.5 Å². The molecule has 2 heterocycles. The quantitative estimate of drug-likeness (QED) is 0.776. The standard InChI is InChI=1S/C10H16N2O2/c1-8-11-10(7-14-8)5-12-3-2-9(4-12)6-13/h7,9,13H,2-6H2,1H3. The number of hydrogen-bond donors (Lipinski definition) is 1. The van der Waals surface area contributed by atoms with Crippen molar-refractivity contribution in [2.75, 3.05) is 19.7 Å². The van der Waals surface area contributed by atoms with Gasteiger partial charge in [0.1, 0.15) is 6.26 Å². The molecule has 4 heteroatoms. The highest BCUT2D eigenvalue weighted by atomic mass is 16.3. The molecule has 1 atom stereocenters. The van der Waals surface area contributed by atoms with Crippen LogP contribution in [0.5, 0.6) is 0 Å². The van der Waals surface area contributed by atoms with E-state index in [1.165, 1.54) is 0 Å². The minimum Gasteiger partial charge on any atom is -0.449 e. The summed E-state index contributed by atoms with van der Waals surface area (Å²) in [6.45, 7) is 5.02. The van der Waals surface area contributed by atoms with Crippen molar-refractivity contribution in [3.8, 4) is 0 Å². The third-order valence-corrected chi connectivity index (χ3v) is 2.68. The van der Waals surface area contributed by atoms with Crippen LogP contribution in [-0.4, -0.2) is 34.7 Å². The van der Waals surface area contributed by atoms with Gasteiger partial charge in [-0.1, -0.05) is 0 Å². The summed E-state index contributed by atoms with van der Waals surface area (Å²) in [7, 11) is 0. The Labute approximate surface area is 83.5 Å². The third kappa shape index (κ3) is 2.13. The fourth-order valence-corrected chi connectivity index (χ4v) is 1.92. The predicted octanol–water partition coefficient (Wildman–Crippen LogP) is 0.797. The molecule has 0 amide bonds. The Morgan fingerprint density at radius 1 is 1.71 bits per heavy atom. The summed E-state index contributed by atoms with van der Waals surface area (Å²) in [5.41, 5.74) is 0.987. The molecule has 0 radical (unpaired) electrons. The lowest BCUT2D eigenvalue weighted by Crippen LogP contribution is -2.21. The average molecular weight is 196 g/mol. The van der Waals surface area contributed by atoms with E-state index in [1.54, 1.807) is 6.26 Å². The second kappa shape index (κ2) is 4.11. The molecular weight excluding hydrogens is 180 g/mol. The summed E-state index contributed by atoms with van der Waals surface area (Å²) in [6.07, 6.45) is 2.80.